The molecule has 0 fully saturated rings. The average Bonchev–Trinajstić information content (AvgIpc) is 2.53. The van der Waals surface area contributed by atoms with Crippen molar-refractivity contribution in [2.75, 3.05) is 0 Å². The molecule has 3 nitrogen and oxygen atoms in total. The molecule has 114 valence electrons. The van der Waals surface area contributed by atoms with Crippen LogP contribution in [0.15, 0.2) is 0 Å². The van der Waals surface area contributed by atoms with Crippen LogP contribution in [0.5, 0.6) is 0 Å². The zero-order valence-corrected chi connectivity index (χ0v) is 11.2. The van der Waals surface area contributed by atoms with Crippen molar-refractivity contribution in [3.8, 4) is 0 Å². The Bertz CT molecular complexity index is 516. The summed E-state index contributed by atoms with van der Waals surface area (Å²) in [4.78, 5) is -0.164. The minimum Gasteiger partial charge on any atom is -0.393 e. The molecule has 0 amide bonds. The first-order valence-corrected chi connectivity index (χ1v) is 5.76. The predicted molar refractivity (Wildman–Crippen MR) is 63.0 cm³/mol. The summed E-state index contributed by atoms with van der Waals surface area (Å²) in [6.45, 7) is 1.20. The lowest BCUT2D eigenvalue weighted by molar-refractivity contribution is -0.145. The van der Waals surface area contributed by atoms with Gasteiger partial charge in [-0.1, -0.05) is 19.1 Å². The van der Waals surface area contributed by atoms with Gasteiger partial charge in [-0.25, -0.2) is 0 Å². The summed E-state index contributed by atoms with van der Waals surface area (Å²) >= 11 is 4.54. The summed E-state index contributed by atoms with van der Waals surface area (Å²) in [6.07, 6.45) is -10.2. The van der Waals surface area contributed by atoms with Gasteiger partial charge in [0.25, 0.3) is 0 Å². The number of halogens is 6. The Hall–Kier alpha value is -1.32. The van der Waals surface area contributed by atoms with Crippen LogP contribution < -0.4 is 5.73 Å². The van der Waals surface area contributed by atoms with Gasteiger partial charge in [0.15, 0.2) is 5.69 Å². The smallest absolute Gasteiger partial charge is 0.393 e. The van der Waals surface area contributed by atoms with Gasteiger partial charge in [-0.05, 0) is 5.92 Å². The Morgan fingerprint density at radius 3 is 2.10 bits per heavy atom. The Labute approximate surface area is 115 Å². The molecule has 0 saturated heterocycles. The van der Waals surface area contributed by atoms with Crippen molar-refractivity contribution in [1.29, 1.82) is 0 Å². The van der Waals surface area contributed by atoms with E-state index in [0.717, 1.165) is 7.05 Å². The van der Waals surface area contributed by atoms with Crippen molar-refractivity contribution in [1.82, 2.24) is 9.78 Å². The molecule has 20 heavy (non-hydrogen) atoms. The third kappa shape index (κ3) is 3.41. The molecule has 0 aliphatic rings. The van der Waals surface area contributed by atoms with E-state index in [1.165, 1.54) is 6.92 Å². The molecule has 1 aromatic rings. The quantitative estimate of drug-likeness (QED) is 0.687. The molecule has 0 aliphatic heterocycles. The molecule has 1 heterocycles. The van der Waals surface area contributed by atoms with Gasteiger partial charge in [0.2, 0.25) is 0 Å². The van der Waals surface area contributed by atoms with Gasteiger partial charge >= 0.3 is 12.4 Å². The van der Waals surface area contributed by atoms with E-state index in [0.29, 0.717) is 0 Å². The van der Waals surface area contributed by atoms with Gasteiger partial charge in [0.05, 0.1) is 4.99 Å². The third-order valence-electron chi connectivity index (χ3n) is 2.62. The highest BCUT2D eigenvalue weighted by atomic mass is 32.1. The second kappa shape index (κ2) is 5.23. The lowest BCUT2D eigenvalue weighted by Gasteiger charge is -2.16. The molecular formula is C10H11F6N3S. The van der Waals surface area contributed by atoms with Crippen molar-refractivity contribution in [2.24, 2.45) is 12.8 Å². The standard InChI is InChI=1S/C10H11F6N3S/c1-4(3-5(17)20)6-7(9(11,12)13)18-19(2)8(6)10(14,15)16/h4H,3H2,1-2H3,(H2,17,20). The maximum atomic E-state index is 12.9. The van der Waals surface area contributed by atoms with Gasteiger partial charge in [0, 0.05) is 19.0 Å². The molecule has 0 spiro atoms. The maximum absolute atomic E-state index is 12.9. The number of hydrogen-bond donors (Lipinski definition) is 1. The molecule has 1 aromatic heterocycles. The fraction of sp³-hybridized carbons (Fsp3) is 0.600. The number of thiocarbonyl (C=S) groups is 1. The molecule has 10 heteroatoms. The Kier molecular flexibility index (Phi) is 4.37. The topological polar surface area (TPSA) is 43.8 Å². The summed E-state index contributed by atoms with van der Waals surface area (Å²) in [6, 6.07) is 0. The minimum atomic E-state index is -4.99. The van der Waals surface area contributed by atoms with E-state index in [9.17, 15) is 26.3 Å². The first-order chi connectivity index (χ1) is 8.85. The molecular weight excluding hydrogens is 308 g/mol. The molecule has 0 aliphatic carbocycles. The largest absolute Gasteiger partial charge is 0.435 e. The second-order valence-corrected chi connectivity index (χ2v) is 4.83. The van der Waals surface area contributed by atoms with E-state index in [4.69, 9.17) is 5.73 Å². The first kappa shape index (κ1) is 16.7. The number of hydrogen-bond acceptors (Lipinski definition) is 2. The van der Waals surface area contributed by atoms with Crippen molar-refractivity contribution in [3.05, 3.63) is 17.0 Å². The fourth-order valence-corrected chi connectivity index (χ4v) is 2.21. The number of nitrogens with zero attached hydrogens (tertiary/aromatic N) is 2. The van der Waals surface area contributed by atoms with E-state index in [1.54, 1.807) is 0 Å². The normalized spacial score (nSPS) is 14.4. The van der Waals surface area contributed by atoms with Crippen LogP contribution in [0.3, 0.4) is 0 Å². The van der Waals surface area contributed by atoms with Crippen LogP contribution in [-0.2, 0) is 19.4 Å². The van der Waals surface area contributed by atoms with E-state index in [-0.39, 0.29) is 16.1 Å². The third-order valence-corrected chi connectivity index (χ3v) is 2.79. The van der Waals surface area contributed by atoms with E-state index in [1.807, 2.05) is 0 Å². The van der Waals surface area contributed by atoms with Crippen molar-refractivity contribution < 1.29 is 26.3 Å². The lowest BCUT2D eigenvalue weighted by Crippen LogP contribution is -2.19. The molecule has 1 atom stereocenters. The first-order valence-electron chi connectivity index (χ1n) is 5.35. The monoisotopic (exact) mass is 319 g/mol. The van der Waals surface area contributed by atoms with Crippen LogP contribution in [-0.4, -0.2) is 14.8 Å². The van der Waals surface area contributed by atoms with Gasteiger partial charge < -0.3 is 5.73 Å². The van der Waals surface area contributed by atoms with Crippen LogP contribution in [0, 0.1) is 0 Å². The van der Waals surface area contributed by atoms with Crippen LogP contribution in [0.25, 0.3) is 0 Å². The summed E-state index contributed by atoms with van der Waals surface area (Å²) in [7, 11) is 0.815. The van der Waals surface area contributed by atoms with Crippen molar-refractivity contribution in [3.63, 3.8) is 0 Å². The molecule has 1 unspecified atom stereocenters. The van der Waals surface area contributed by atoms with Gasteiger partial charge in [-0.2, -0.15) is 31.4 Å². The Morgan fingerprint density at radius 1 is 1.25 bits per heavy atom. The maximum Gasteiger partial charge on any atom is 0.435 e. The van der Waals surface area contributed by atoms with Gasteiger partial charge in [-0.3, -0.25) is 4.68 Å². The van der Waals surface area contributed by atoms with Crippen molar-refractivity contribution in [2.45, 2.75) is 31.6 Å². The molecule has 0 aromatic carbocycles. The lowest BCUT2D eigenvalue weighted by atomic mass is 9.94. The fourth-order valence-electron chi connectivity index (χ4n) is 1.96. The molecule has 0 saturated carbocycles. The zero-order chi connectivity index (χ0) is 15.9. The molecule has 0 bridgehead atoms. The minimum absolute atomic E-state index is 0.164. The molecule has 1 rings (SSSR count). The van der Waals surface area contributed by atoms with Crippen molar-refractivity contribution >= 4 is 17.2 Å². The Balaban J connectivity index is 3.54. The SMILES string of the molecule is CC(CC(N)=S)c1c(C(F)(F)F)nn(C)c1C(F)(F)F. The van der Waals surface area contributed by atoms with E-state index < -0.39 is 35.2 Å². The zero-order valence-electron chi connectivity index (χ0n) is 10.4. The van der Waals surface area contributed by atoms with Gasteiger partial charge in [-0.15, -0.1) is 0 Å². The number of alkyl halides is 6. The number of aromatic nitrogens is 2. The number of rotatable bonds is 3. The molecule has 0 radical (unpaired) electrons. The predicted octanol–water partition coefficient (Wildman–Crippen LogP) is 3.24. The Morgan fingerprint density at radius 2 is 1.75 bits per heavy atom. The average molecular weight is 319 g/mol. The summed E-state index contributed by atoms with van der Waals surface area (Å²) in [5.41, 5.74) is 1.27. The van der Waals surface area contributed by atoms with E-state index >= 15 is 0 Å². The summed E-state index contributed by atoms with van der Waals surface area (Å²) in [5.74, 6) is -1.14. The second-order valence-electron chi connectivity index (χ2n) is 4.30. The summed E-state index contributed by atoms with van der Waals surface area (Å²) in [5, 5.41) is 2.96. The van der Waals surface area contributed by atoms with Crippen LogP contribution in [0.2, 0.25) is 0 Å². The van der Waals surface area contributed by atoms with Crippen LogP contribution >= 0.6 is 12.2 Å². The highest BCUT2D eigenvalue weighted by Crippen LogP contribution is 2.42. The van der Waals surface area contributed by atoms with Gasteiger partial charge in [0.1, 0.15) is 5.69 Å². The van der Waals surface area contributed by atoms with Crippen LogP contribution in [0.4, 0.5) is 26.3 Å². The number of nitrogens with two attached hydrogens (primary N) is 1. The van der Waals surface area contributed by atoms with E-state index in [2.05, 4.69) is 17.3 Å². The summed E-state index contributed by atoms with van der Waals surface area (Å²) < 4.78 is 77.4. The highest BCUT2D eigenvalue weighted by Gasteiger charge is 2.47. The van der Waals surface area contributed by atoms with Crippen LogP contribution in [0.1, 0.15) is 36.2 Å². The number of aryl methyl sites for hydroxylation is 1. The molecule has 2 N–H and O–H groups in total. The highest BCUT2D eigenvalue weighted by molar-refractivity contribution is 7.80.